The van der Waals surface area contributed by atoms with Crippen LogP contribution in [-0.2, 0) is 4.79 Å². The highest BCUT2D eigenvalue weighted by molar-refractivity contribution is 6.34. The fourth-order valence-corrected chi connectivity index (χ4v) is 3.59. The zero-order chi connectivity index (χ0) is 23.3. The largest absolute Gasteiger partial charge is 0.401 e. The number of carbonyl (C=O) groups excluding carboxylic acids is 2. The van der Waals surface area contributed by atoms with Crippen LogP contribution in [0.1, 0.15) is 30.6 Å². The number of nitrogens with one attached hydrogen (secondary N) is 1. The molecule has 8 nitrogen and oxygen atoms in total. The Hall–Kier alpha value is -2.40. The highest BCUT2D eigenvalue weighted by Gasteiger charge is 2.34. The summed E-state index contributed by atoms with van der Waals surface area (Å²) in [6, 6.07) is 2.47. The molecule has 1 unspecified atom stereocenters. The van der Waals surface area contributed by atoms with Gasteiger partial charge in [-0.1, -0.05) is 25.4 Å². The van der Waals surface area contributed by atoms with E-state index in [9.17, 15) is 32.9 Å². The van der Waals surface area contributed by atoms with Gasteiger partial charge in [-0.3, -0.25) is 24.6 Å². The van der Waals surface area contributed by atoms with Crippen LogP contribution in [0.5, 0.6) is 0 Å². The Balaban J connectivity index is 2.09. The molecule has 2 amide bonds. The van der Waals surface area contributed by atoms with E-state index in [1.165, 1.54) is 15.9 Å². The van der Waals surface area contributed by atoms with Crippen molar-refractivity contribution < 1.29 is 27.7 Å². The van der Waals surface area contributed by atoms with Gasteiger partial charge in [0.05, 0.1) is 22.1 Å². The average molecular weight is 465 g/mol. The summed E-state index contributed by atoms with van der Waals surface area (Å²) in [6.07, 6.45) is -3.92. The molecule has 0 spiro atoms. The summed E-state index contributed by atoms with van der Waals surface area (Å²) in [5, 5.41) is 13.3. The lowest BCUT2D eigenvalue weighted by Gasteiger charge is -2.29. The Morgan fingerprint density at radius 1 is 1.23 bits per heavy atom. The van der Waals surface area contributed by atoms with Crippen molar-refractivity contribution in [1.82, 2.24) is 15.1 Å². The molecule has 12 heteroatoms. The Bertz CT molecular complexity index is 835. The standard InChI is InChI=1S/C19H24ClF3N4O4/c1-12(2)16(24-17(28)14-5-4-13(27(30)31)10-15(14)20)18(29)26-7-3-6-25(8-9-26)11-19(21,22)23/h4-5,10,12,16H,3,6-9,11H2,1-2H3,(H,24,28). The van der Waals surface area contributed by atoms with Crippen molar-refractivity contribution in [2.75, 3.05) is 32.7 Å². The van der Waals surface area contributed by atoms with Gasteiger partial charge >= 0.3 is 6.18 Å². The van der Waals surface area contributed by atoms with Crippen LogP contribution in [0.25, 0.3) is 0 Å². The summed E-state index contributed by atoms with van der Waals surface area (Å²) < 4.78 is 38.0. The minimum atomic E-state index is -4.31. The molecule has 0 aromatic heterocycles. The Labute approximate surface area is 182 Å². The topological polar surface area (TPSA) is 95.8 Å². The van der Waals surface area contributed by atoms with Crippen molar-refractivity contribution in [3.63, 3.8) is 0 Å². The van der Waals surface area contributed by atoms with Crippen molar-refractivity contribution in [2.45, 2.75) is 32.5 Å². The van der Waals surface area contributed by atoms with Crippen molar-refractivity contribution >= 4 is 29.1 Å². The quantitative estimate of drug-likeness (QED) is 0.515. The van der Waals surface area contributed by atoms with E-state index in [-0.39, 0.29) is 48.4 Å². The molecule has 1 heterocycles. The summed E-state index contributed by atoms with van der Waals surface area (Å²) in [6.45, 7) is 3.13. The lowest BCUT2D eigenvalue weighted by molar-refractivity contribution is -0.384. The van der Waals surface area contributed by atoms with Crippen molar-refractivity contribution in [2.24, 2.45) is 5.92 Å². The predicted molar refractivity (Wildman–Crippen MR) is 108 cm³/mol. The lowest BCUT2D eigenvalue weighted by Crippen LogP contribution is -2.52. The second kappa shape index (κ2) is 10.3. The van der Waals surface area contributed by atoms with Crippen molar-refractivity contribution in [3.8, 4) is 0 Å². The number of nitro groups is 1. The third kappa shape index (κ3) is 7.06. The molecule has 172 valence electrons. The fourth-order valence-electron chi connectivity index (χ4n) is 3.33. The number of alkyl halides is 3. The van der Waals surface area contributed by atoms with E-state index >= 15 is 0 Å². The van der Waals surface area contributed by atoms with Crippen LogP contribution in [0.15, 0.2) is 18.2 Å². The van der Waals surface area contributed by atoms with Gasteiger partial charge in [-0.2, -0.15) is 13.2 Å². The number of nitro benzene ring substituents is 1. The van der Waals surface area contributed by atoms with Gasteiger partial charge in [-0.15, -0.1) is 0 Å². The molecule has 1 aromatic rings. The van der Waals surface area contributed by atoms with E-state index < -0.39 is 35.5 Å². The van der Waals surface area contributed by atoms with Crippen molar-refractivity contribution in [3.05, 3.63) is 38.9 Å². The van der Waals surface area contributed by atoms with E-state index in [0.29, 0.717) is 6.42 Å². The molecule has 1 saturated heterocycles. The SMILES string of the molecule is CC(C)C(NC(=O)c1ccc([N+](=O)[O-])cc1Cl)C(=O)N1CCCN(CC(F)(F)F)CC1. The smallest absolute Gasteiger partial charge is 0.340 e. The van der Waals surface area contributed by atoms with Crippen LogP contribution in [0, 0.1) is 16.0 Å². The van der Waals surface area contributed by atoms with Gasteiger partial charge in [0.15, 0.2) is 0 Å². The number of halogens is 4. The second-order valence-corrected chi connectivity index (χ2v) is 8.09. The number of carbonyl (C=O) groups is 2. The maximum atomic E-state index is 13.0. The fraction of sp³-hybridized carbons (Fsp3) is 0.579. The normalized spacial score (nSPS) is 16.7. The van der Waals surface area contributed by atoms with Gasteiger partial charge in [0.25, 0.3) is 11.6 Å². The highest BCUT2D eigenvalue weighted by atomic mass is 35.5. The van der Waals surface area contributed by atoms with Crippen LogP contribution in [0.4, 0.5) is 18.9 Å². The number of non-ortho nitro benzene ring substituents is 1. The van der Waals surface area contributed by atoms with E-state index in [0.717, 1.165) is 12.1 Å². The van der Waals surface area contributed by atoms with Crippen LogP contribution in [-0.4, -0.2) is 71.5 Å². The number of benzene rings is 1. The molecule has 2 rings (SSSR count). The number of hydrogen-bond donors (Lipinski definition) is 1. The van der Waals surface area contributed by atoms with E-state index in [1.807, 2.05) is 0 Å². The van der Waals surface area contributed by atoms with Gasteiger partial charge in [0.1, 0.15) is 6.04 Å². The summed E-state index contributed by atoms with van der Waals surface area (Å²) in [4.78, 5) is 38.6. The molecule has 0 saturated carbocycles. The third-order valence-electron chi connectivity index (χ3n) is 4.93. The highest BCUT2D eigenvalue weighted by Crippen LogP contribution is 2.23. The van der Waals surface area contributed by atoms with Crippen LogP contribution in [0.2, 0.25) is 5.02 Å². The van der Waals surface area contributed by atoms with E-state index in [2.05, 4.69) is 5.32 Å². The number of rotatable bonds is 6. The maximum Gasteiger partial charge on any atom is 0.401 e. The minimum Gasteiger partial charge on any atom is -0.340 e. The van der Waals surface area contributed by atoms with Gasteiger partial charge in [-0.05, 0) is 18.4 Å². The molecular formula is C19H24ClF3N4O4. The first kappa shape index (κ1) is 24.9. The molecule has 31 heavy (non-hydrogen) atoms. The second-order valence-electron chi connectivity index (χ2n) is 7.69. The minimum absolute atomic E-state index is 0.0158. The van der Waals surface area contributed by atoms with E-state index in [4.69, 9.17) is 11.6 Å². The number of amides is 2. The molecule has 1 fully saturated rings. The first-order valence-electron chi connectivity index (χ1n) is 9.71. The summed E-state index contributed by atoms with van der Waals surface area (Å²) in [5.74, 6) is -1.36. The van der Waals surface area contributed by atoms with Crippen LogP contribution in [0.3, 0.4) is 0 Å². The average Bonchev–Trinajstić information content (AvgIpc) is 2.89. The Morgan fingerprint density at radius 2 is 1.90 bits per heavy atom. The first-order valence-corrected chi connectivity index (χ1v) is 10.1. The predicted octanol–water partition coefficient (Wildman–Crippen LogP) is 3.10. The Morgan fingerprint density at radius 3 is 2.45 bits per heavy atom. The zero-order valence-electron chi connectivity index (χ0n) is 17.1. The Kier molecular flexibility index (Phi) is 8.24. The molecule has 0 aliphatic carbocycles. The summed E-state index contributed by atoms with van der Waals surface area (Å²) in [5.41, 5.74) is -0.288. The first-order chi connectivity index (χ1) is 14.4. The van der Waals surface area contributed by atoms with Crippen molar-refractivity contribution in [1.29, 1.82) is 0 Å². The molecular weight excluding hydrogens is 441 g/mol. The molecule has 1 aliphatic heterocycles. The summed E-state index contributed by atoms with van der Waals surface area (Å²) >= 11 is 5.99. The van der Waals surface area contributed by atoms with Crippen LogP contribution >= 0.6 is 11.6 Å². The van der Waals surface area contributed by atoms with Crippen LogP contribution < -0.4 is 5.32 Å². The van der Waals surface area contributed by atoms with Gasteiger partial charge in [-0.25, -0.2) is 0 Å². The number of hydrogen-bond acceptors (Lipinski definition) is 5. The monoisotopic (exact) mass is 464 g/mol. The van der Waals surface area contributed by atoms with E-state index in [1.54, 1.807) is 13.8 Å². The number of nitrogens with zero attached hydrogens (tertiary/aromatic N) is 3. The molecule has 0 radical (unpaired) electrons. The third-order valence-corrected chi connectivity index (χ3v) is 5.24. The maximum absolute atomic E-state index is 13.0. The molecule has 0 bridgehead atoms. The molecule has 1 atom stereocenters. The molecule has 1 aromatic carbocycles. The molecule has 1 N–H and O–H groups in total. The molecule has 1 aliphatic rings. The summed E-state index contributed by atoms with van der Waals surface area (Å²) in [7, 11) is 0. The lowest BCUT2D eigenvalue weighted by atomic mass is 10.0. The van der Waals surface area contributed by atoms with Gasteiger partial charge in [0, 0.05) is 38.3 Å². The van der Waals surface area contributed by atoms with Gasteiger partial charge in [0.2, 0.25) is 5.91 Å². The zero-order valence-corrected chi connectivity index (χ0v) is 17.9. The van der Waals surface area contributed by atoms with Gasteiger partial charge < -0.3 is 10.2 Å².